The van der Waals surface area contributed by atoms with Crippen LogP contribution in [0.3, 0.4) is 0 Å². The molecule has 0 amide bonds. The Labute approximate surface area is 151 Å². The molecule has 1 aromatic carbocycles. The minimum atomic E-state index is 0.449. The number of aromatic nitrogens is 3. The predicted molar refractivity (Wildman–Crippen MR) is 98.6 cm³/mol. The Hall–Kier alpha value is -2.01. The molecule has 2 saturated carbocycles. The smallest absolute Gasteiger partial charge is 0.230 e. The lowest BCUT2D eigenvalue weighted by molar-refractivity contribution is 0.314. The summed E-state index contributed by atoms with van der Waals surface area (Å²) < 4.78 is 5.54. The van der Waals surface area contributed by atoms with Gasteiger partial charge in [-0.2, -0.15) is 4.98 Å². The second-order valence-corrected chi connectivity index (χ2v) is 8.10. The maximum Gasteiger partial charge on any atom is 0.230 e. The Bertz CT molecular complexity index is 857. The normalized spacial score (nSPS) is 18.6. The van der Waals surface area contributed by atoms with Gasteiger partial charge in [0.25, 0.3) is 0 Å². The second-order valence-electron chi connectivity index (χ2n) is 7.21. The van der Waals surface area contributed by atoms with E-state index < -0.39 is 0 Å². The van der Waals surface area contributed by atoms with Crippen LogP contribution in [0.25, 0.3) is 22.6 Å². The van der Waals surface area contributed by atoms with E-state index in [-0.39, 0.29) is 0 Å². The Morgan fingerprint density at radius 1 is 0.840 bits per heavy atom. The highest BCUT2D eigenvalue weighted by Crippen LogP contribution is 2.42. The molecule has 0 bridgehead atoms. The van der Waals surface area contributed by atoms with Crippen LogP contribution in [0.15, 0.2) is 34.2 Å². The number of hydrogen-bond donors (Lipinski definition) is 0. The largest absolute Gasteiger partial charge is 0.339 e. The van der Waals surface area contributed by atoms with Crippen molar-refractivity contribution in [3.05, 3.63) is 40.5 Å². The van der Waals surface area contributed by atoms with Gasteiger partial charge in [0.1, 0.15) is 0 Å². The minimum absolute atomic E-state index is 0.449. The molecular weight excluding hydrogens is 330 g/mol. The molecule has 2 heterocycles. The van der Waals surface area contributed by atoms with E-state index in [9.17, 15) is 0 Å². The average Bonchev–Trinajstić information content (AvgIpc) is 3.21. The third-order valence-corrected chi connectivity index (χ3v) is 6.29. The van der Waals surface area contributed by atoms with Crippen molar-refractivity contribution in [2.24, 2.45) is 0 Å². The molecule has 4 nitrogen and oxygen atoms in total. The lowest BCUT2D eigenvalue weighted by atomic mass is 9.89. The topological polar surface area (TPSA) is 51.8 Å². The first-order valence-corrected chi connectivity index (χ1v) is 10.1. The van der Waals surface area contributed by atoms with Gasteiger partial charge in [-0.15, -0.1) is 11.3 Å². The van der Waals surface area contributed by atoms with Crippen LogP contribution < -0.4 is 0 Å². The van der Waals surface area contributed by atoms with Crippen LogP contribution in [0.1, 0.15) is 67.7 Å². The van der Waals surface area contributed by atoms with Gasteiger partial charge in [-0.3, -0.25) is 0 Å². The van der Waals surface area contributed by atoms with Gasteiger partial charge < -0.3 is 4.52 Å². The first kappa shape index (κ1) is 15.3. The van der Waals surface area contributed by atoms with Crippen LogP contribution in [0, 0.1) is 0 Å². The van der Waals surface area contributed by atoms with E-state index in [4.69, 9.17) is 9.51 Å². The molecule has 2 aliphatic rings. The molecule has 2 aliphatic carbocycles. The van der Waals surface area contributed by atoms with E-state index in [0.717, 1.165) is 28.6 Å². The van der Waals surface area contributed by atoms with Crippen LogP contribution in [0.5, 0.6) is 0 Å². The Balaban J connectivity index is 1.35. The van der Waals surface area contributed by atoms with Crippen LogP contribution in [-0.4, -0.2) is 15.1 Å². The molecule has 25 heavy (non-hydrogen) atoms. The number of rotatable bonds is 4. The molecule has 2 aromatic heterocycles. The molecule has 2 fully saturated rings. The van der Waals surface area contributed by atoms with Crippen LogP contribution in [0.4, 0.5) is 0 Å². The Morgan fingerprint density at radius 2 is 1.60 bits per heavy atom. The van der Waals surface area contributed by atoms with Crippen LogP contribution in [-0.2, 0) is 0 Å². The lowest BCUT2D eigenvalue weighted by Crippen LogP contribution is -2.04. The molecular formula is C20H21N3OS. The molecule has 5 rings (SSSR count). The summed E-state index contributed by atoms with van der Waals surface area (Å²) in [6, 6.07) is 8.36. The summed E-state index contributed by atoms with van der Waals surface area (Å²) >= 11 is 1.78. The maximum absolute atomic E-state index is 5.54. The van der Waals surface area contributed by atoms with Crippen molar-refractivity contribution in [1.82, 2.24) is 15.1 Å². The molecule has 0 unspecified atom stereocenters. The molecule has 0 atom stereocenters. The third kappa shape index (κ3) is 3.13. The summed E-state index contributed by atoms with van der Waals surface area (Å²) in [5.41, 5.74) is 3.24. The summed E-state index contributed by atoms with van der Waals surface area (Å²) in [5.74, 6) is 2.68. The van der Waals surface area contributed by atoms with E-state index in [1.54, 1.807) is 11.3 Å². The van der Waals surface area contributed by atoms with Gasteiger partial charge >= 0.3 is 0 Å². The summed E-state index contributed by atoms with van der Waals surface area (Å²) in [5, 5.41) is 7.65. The van der Waals surface area contributed by atoms with Gasteiger partial charge in [0.15, 0.2) is 0 Å². The zero-order valence-corrected chi connectivity index (χ0v) is 15.0. The molecule has 0 saturated heterocycles. The van der Waals surface area contributed by atoms with Crippen LogP contribution >= 0.6 is 11.3 Å². The first-order chi connectivity index (χ1) is 12.4. The van der Waals surface area contributed by atoms with Crippen molar-refractivity contribution in [3.8, 4) is 22.6 Å². The van der Waals surface area contributed by atoms with E-state index in [1.165, 1.54) is 50.0 Å². The quantitative estimate of drug-likeness (QED) is 0.597. The number of benzene rings is 1. The summed E-state index contributed by atoms with van der Waals surface area (Å²) in [4.78, 5) is 9.43. The molecule has 0 N–H and O–H groups in total. The summed E-state index contributed by atoms with van der Waals surface area (Å²) in [6.07, 6.45) is 8.82. The monoisotopic (exact) mass is 351 g/mol. The van der Waals surface area contributed by atoms with Gasteiger partial charge in [-0.1, -0.05) is 48.7 Å². The molecule has 128 valence electrons. The van der Waals surface area contributed by atoms with Crippen molar-refractivity contribution in [1.29, 1.82) is 0 Å². The van der Waals surface area contributed by atoms with Crippen molar-refractivity contribution >= 4 is 11.3 Å². The molecule has 3 aromatic rings. The molecule has 0 radical (unpaired) electrons. The van der Waals surface area contributed by atoms with E-state index >= 15 is 0 Å². The van der Waals surface area contributed by atoms with E-state index in [2.05, 4.69) is 39.8 Å². The molecule has 5 heteroatoms. The SMILES string of the molecule is c1cc(-c2noc(C3CCCCC3)n2)ccc1-c1csc(C2CC2)n1. The lowest BCUT2D eigenvalue weighted by Gasteiger charge is -2.17. The molecule has 0 aliphatic heterocycles. The van der Waals surface area contributed by atoms with Gasteiger partial charge in [0.2, 0.25) is 11.7 Å². The fourth-order valence-corrected chi connectivity index (χ4v) is 4.60. The fraction of sp³-hybridized carbons (Fsp3) is 0.450. The number of hydrogen-bond acceptors (Lipinski definition) is 5. The van der Waals surface area contributed by atoms with Gasteiger partial charge in [-0.25, -0.2) is 4.98 Å². The summed E-state index contributed by atoms with van der Waals surface area (Å²) in [6.45, 7) is 0. The minimum Gasteiger partial charge on any atom is -0.339 e. The third-order valence-electron chi connectivity index (χ3n) is 5.28. The number of thiazole rings is 1. The zero-order valence-electron chi connectivity index (χ0n) is 14.1. The average molecular weight is 351 g/mol. The highest BCUT2D eigenvalue weighted by atomic mass is 32.1. The van der Waals surface area contributed by atoms with Gasteiger partial charge in [0.05, 0.1) is 10.7 Å². The standard InChI is InChI=1S/C20H21N3OS/c1-2-4-15(5-3-1)19-22-18(23-24-19)14-8-6-13(7-9-14)17-12-25-20(21-17)16-10-11-16/h6-9,12,15-16H,1-5,10-11H2. The van der Waals surface area contributed by atoms with Crippen molar-refractivity contribution in [2.75, 3.05) is 0 Å². The highest BCUT2D eigenvalue weighted by Gasteiger charge is 2.26. The number of nitrogens with zero attached hydrogens (tertiary/aromatic N) is 3. The van der Waals surface area contributed by atoms with Gasteiger partial charge in [-0.05, 0) is 25.7 Å². The van der Waals surface area contributed by atoms with Crippen molar-refractivity contribution < 1.29 is 4.52 Å². The first-order valence-electron chi connectivity index (χ1n) is 9.26. The maximum atomic E-state index is 5.54. The van der Waals surface area contributed by atoms with Crippen molar-refractivity contribution in [3.63, 3.8) is 0 Å². The Kier molecular flexibility index (Phi) is 3.89. The highest BCUT2D eigenvalue weighted by molar-refractivity contribution is 7.10. The Morgan fingerprint density at radius 3 is 2.36 bits per heavy atom. The fourth-order valence-electron chi connectivity index (χ4n) is 3.60. The summed E-state index contributed by atoms with van der Waals surface area (Å²) in [7, 11) is 0. The van der Waals surface area contributed by atoms with E-state index in [1.807, 2.05) is 0 Å². The van der Waals surface area contributed by atoms with Crippen molar-refractivity contribution in [2.45, 2.75) is 56.8 Å². The second kappa shape index (κ2) is 6.37. The molecule has 0 spiro atoms. The zero-order chi connectivity index (χ0) is 16.6. The van der Waals surface area contributed by atoms with Crippen LogP contribution in [0.2, 0.25) is 0 Å². The van der Waals surface area contributed by atoms with Gasteiger partial charge in [0, 0.05) is 28.3 Å². The predicted octanol–water partition coefficient (Wildman–Crippen LogP) is 5.79. The van der Waals surface area contributed by atoms with E-state index in [0.29, 0.717) is 11.7 Å².